The molecule has 4 N–H and O–H groups in total. The zero-order valence-electron chi connectivity index (χ0n) is 18.3. The smallest absolute Gasteiger partial charge is 0.393 e. The van der Waals surface area contributed by atoms with Crippen molar-refractivity contribution in [2.24, 2.45) is 0 Å². The van der Waals surface area contributed by atoms with Crippen molar-refractivity contribution in [2.45, 2.75) is 109 Å². The van der Waals surface area contributed by atoms with E-state index in [2.05, 4.69) is 28.5 Å². The SMILES string of the molecule is CCCCCCCC/C=C\CCCCCCCC(=O)C(OP(=O)(O)O)[C@H](CO)OO. The maximum Gasteiger partial charge on any atom is 0.470 e. The summed E-state index contributed by atoms with van der Waals surface area (Å²) in [7, 11) is -4.96. The molecule has 0 fully saturated rings. The molecule has 0 saturated carbocycles. The predicted molar refractivity (Wildman–Crippen MR) is 116 cm³/mol. The monoisotopic (exact) mass is 452 g/mol. The summed E-state index contributed by atoms with van der Waals surface area (Å²) in [5.74, 6) is -0.621. The van der Waals surface area contributed by atoms with Crippen LogP contribution >= 0.6 is 7.82 Å². The molecule has 0 amide bonds. The molecule has 0 heterocycles. The Morgan fingerprint density at radius 3 is 1.87 bits per heavy atom. The number of rotatable bonds is 21. The Hall–Kier alpha value is -0.600. The number of phosphoric acid groups is 1. The Bertz CT molecular complexity index is 487. The van der Waals surface area contributed by atoms with Gasteiger partial charge in [-0.1, -0.05) is 70.4 Å². The number of ketones is 1. The summed E-state index contributed by atoms with van der Waals surface area (Å²) in [5, 5.41) is 17.8. The second-order valence-corrected chi connectivity index (χ2v) is 8.84. The van der Waals surface area contributed by atoms with Crippen molar-refractivity contribution in [3.8, 4) is 0 Å². The van der Waals surface area contributed by atoms with Crippen molar-refractivity contribution in [1.82, 2.24) is 0 Å². The molecule has 0 aliphatic rings. The van der Waals surface area contributed by atoms with E-state index in [1.54, 1.807) is 0 Å². The van der Waals surface area contributed by atoms with Crippen LogP contribution in [-0.4, -0.2) is 44.7 Å². The molecule has 0 bridgehead atoms. The maximum absolute atomic E-state index is 12.1. The van der Waals surface area contributed by atoms with Crippen molar-refractivity contribution in [3.05, 3.63) is 12.2 Å². The average molecular weight is 453 g/mol. The number of phosphoric ester groups is 1. The molecule has 2 atom stereocenters. The van der Waals surface area contributed by atoms with Crippen molar-refractivity contribution in [3.63, 3.8) is 0 Å². The van der Waals surface area contributed by atoms with Gasteiger partial charge in [-0.25, -0.2) is 9.45 Å². The van der Waals surface area contributed by atoms with Gasteiger partial charge in [0.2, 0.25) is 0 Å². The van der Waals surface area contributed by atoms with Gasteiger partial charge in [-0.15, -0.1) is 0 Å². The average Bonchev–Trinajstić information content (AvgIpc) is 2.70. The summed E-state index contributed by atoms with van der Waals surface area (Å²) >= 11 is 0. The van der Waals surface area contributed by atoms with Gasteiger partial charge in [0, 0.05) is 6.42 Å². The second kappa shape index (κ2) is 19.1. The molecule has 178 valence electrons. The van der Waals surface area contributed by atoms with Crippen molar-refractivity contribution < 1.29 is 38.9 Å². The molecule has 0 aromatic carbocycles. The Kier molecular flexibility index (Phi) is 18.7. The molecule has 1 unspecified atom stereocenters. The normalized spacial score (nSPS) is 14.3. The standard InChI is InChI=1S/C21H41O8P/c1-2-3-4-5-6-7-8-9-10-11-12-13-14-15-16-17-19(23)21(20(18-22)28-24)29-30(25,26)27/h9-10,20-22,24H,2-8,11-18H2,1H3,(H2,25,26,27)/b10-9-/t20-,21?/m0/s1. The minimum absolute atomic E-state index is 0.0304. The van der Waals surface area contributed by atoms with Gasteiger partial charge in [0.25, 0.3) is 0 Å². The van der Waals surface area contributed by atoms with E-state index >= 15 is 0 Å². The van der Waals surface area contributed by atoms with Crippen LogP contribution in [0.2, 0.25) is 0 Å². The summed E-state index contributed by atoms with van der Waals surface area (Å²) in [6.45, 7) is 1.42. The molecule has 0 spiro atoms. The maximum atomic E-state index is 12.1. The molecule has 0 aliphatic carbocycles. The first-order valence-electron chi connectivity index (χ1n) is 11.2. The summed E-state index contributed by atoms with van der Waals surface area (Å²) in [6, 6.07) is 0. The number of hydrogen-bond donors (Lipinski definition) is 4. The van der Waals surface area contributed by atoms with Crippen LogP contribution in [0.3, 0.4) is 0 Å². The molecule has 0 rings (SSSR count). The lowest BCUT2D eigenvalue weighted by Crippen LogP contribution is -2.39. The van der Waals surface area contributed by atoms with E-state index < -0.39 is 32.4 Å². The van der Waals surface area contributed by atoms with Crippen LogP contribution in [0, 0.1) is 0 Å². The van der Waals surface area contributed by atoms with Crippen molar-refractivity contribution in [1.29, 1.82) is 0 Å². The number of aliphatic hydroxyl groups excluding tert-OH is 1. The molecular weight excluding hydrogens is 411 g/mol. The highest BCUT2D eigenvalue weighted by Gasteiger charge is 2.35. The number of Topliss-reactive ketones (excluding diaryl/α,β-unsaturated/α-hetero) is 1. The quantitative estimate of drug-likeness (QED) is 0.0634. The van der Waals surface area contributed by atoms with Gasteiger partial charge in [-0.3, -0.25) is 14.6 Å². The van der Waals surface area contributed by atoms with Gasteiger partial charge < -0.3 is 14.9 Å². The molecule has 9 heteroatoms. The molecule has 8 nitrogen and oxygen atoms in total. The van der Waals surface area contributed by atoms with Crippen LogP contribution in [0.1, 0.15) is 96.8 Å². The van der Waals surface area contributed by atoms with E-state index in [1.807, 2.05) is 0 Å². The highest BCUT2D eigenvalue weighted by atomic mass is 31.2. The molecule has 30 heavy (non-hydrogen) atoms. The molecule has 0 aromatic heterocycles. The van der Waals surface area contributed by atoms with Crippen LogP contribution in [0.25, 0.3) is 0 Å². The summed E-state index contributed by atoms with van der Waals surface area (Å²) in [4.78, 5) is 33.8. The third-order valence-electron chi connectivity index (χ3n) is 4.91. The fourth-order valence-electron chi connectivity index (χ4n) is 3.18. The van der Waals surface area contributed by atoms with Gasteiger partial charge in [-0.2, -0.15) is 0 Å². The van der Waals surface area contributed by atoms with E-state index in [9.17, 15) is 9.36 Å². The fourth-order valence-corrected chi connectivity index (χ4v) is 3.73. The largest absolute Gasteiger partial charge is 0.470 e. The number of hydrogen-bond acceptors (Lipinski definition) is 6. The number of unbranched alkanes of at least 4 members (excludes halogenated alkanes) is 11. The summed E-state index contributed by atoms with van der Waals surface area (Å²) < 4.78 is 15.4. The Labute approximate surface area is 180 Å². The summed E-state index contributed by atoms with van der Waals surface area (Å²) in [6.07, 6.45) is 15.8. The van der Waals surface area contributed by atoms with Crippen LogP contribution in [-0.2, 0) is 18.8 Å². The van der Waals surface area contributed by atoms with Crippen LogP contribution in [0.15, 0.2) is 12.2 Å². The van der Waals surface area contributed by atoms with Gasteiger partial charge in [0.1, 0.15) is 6.10 Å². The van der Waals surface area contributed by atoms with Crippen molar-refractivity contribution in [2.75, 3.05) is 6.61 Å². The van der Waals surface area contributed by atoms with Gasteiger partial charge in [0.05, 0.1) is 6.61 Å². The Morgan fingerprint density at radius 2 is 1.40 bits per heavy atom. The predicted octanol–water partition coefficient (Wildman–Crippen LogP) is 4.92. The highest BCUT2D eigenvalue weighted by Crippen LogP contribution is 2.39. The first-order chi connectivity index (χ1) is 14.4. The van der Waals surface area contributed by atoms with E-state index in [0.29, 0.717) is 6.42 Å². The third-order valence-corrected chi connectivity index (χ3v) is 5.41. The van der Waals surface area contributed by atoms with Gasteiger partial charge in [-0.05, 0) is 32.1 Å². The Morgan fingerprint density at radius 1 is 0.900 bits per heavy atom. The molecule has 0 radical (unpaired) electrons. The first kappa shape index (κ1) is 29.4. The number of aliphatic hydroxyl groups is 1. The minimum Gasteiger partial charge on any atom is -0.393 e. The van der Waals surface area contributed by atoms with Crippen LogP contribution in [0.5, 0.6) is 0 Å². The first-order valence-corrected chi connectivity index (χ1v) is 12.7. The number of carbonyl (C=O) groups is 1. The third kappa shape index (κ3) is 17.1. The lowest BCUT2D eigenvalue weighted by atomic mass is 10.0. The zero-order chi connectivity index (χ0) is 22.7. The fraction of sp³-hybridized carbons (Fsp3) is 0.857. The minimum atomic E-state index is -4.96. The zero-order valence-corrected chi connectivity index (χ0v) is 19.2. The number of allylic oxidation sites excluding steroid dienone is 2. The molecule has 0 saturated heterocycles. The Balaban J connectivity index is 3.82. The lowest BCUT2D eigenvalue weighted by Gasteiger charge is -2.22. The van der Waals surface area contributed by atoms with Crippen LogP contribution in [0.4, 0.5) is 0 Å². The highest BCUT2D eigenvalue weighted by molar-refractivity contribution is 7.46. The molecular formula is C21H41O8P. The molecule has 0 aromatic rings. The topological polar surface area (TPSA) is 134 Å². The van der Waals surface area contributed by atoms with Gasteiger partial charge in [0.15, 0.2) is 11.9 Å². The van der Waals surface area contributed by atoms with E-state index in [1.165, 1.54) is 38.5 Å². The second-order valence-electron chi connectivity index (χ2n) is 7.64. The van der Waals surface area contributed by atoms with Crippen molar-refractivity contribution >= 4 is 13.6 Å². The molecule has 0 aliphatic heterocycles. The number of carbonyl (C=O) groups excluding carboxylic acids is 1. The van der Waals surface area contributed by atoms with E-state index in [-0.39, 0.29) is 6.42 Å². The van der Waals surface area contributed by atoms with E-state index in [0.717, 1.165) is 38.5 Å². The summed E-state index contributed by atoms with van der Waals surface area (Å²) in [5.41, 5.74) is 0. The van der Waals surface area contributed by atoms with E-state index in [4.69, 9.17) is 20.2 Å². The lowest BCUT2D eigenvalue weighted by molar-refractivity contribution is -0.298. The van der Waals surface area contributed by atoms with Crippen LogP contribution < -0.4 is 0 Å². The van der Waals surface area contributed by atoms with Gasteiger partial charge >= 0.3 is 7.82 Å².